The molecule has 0 radical (unpaired) electrons. The summed E-state index contributed by atoms with van der Waals surface area (Å²) in [4.78, 5) is 0. The van der Waals surface area contributed by atoms with Crippen LogP contribution in [0.2, 0.25) is 0 Å². The van der Waals surface area contributed by atoms with Crippen LogP contribution in [0.15, 0.2) is 0 Å². The standard InChI is InChI=1S/C9H19NO2S/c1-4-5-6-11-7-10-9(13)12-8(2)3/h8H,4-7H2,1-3H3,(H,10,13). The molecule has 0 aliphatic rings. The number of ether oxygens (including phenoxy) is 2. The number of thiocarbonyl (C=S) groups is 1. The lowest BCUT2D eigenvalue weighted by molar-refractivity contribution is 0.117. The molecule has 0 saturated heterocycles. The molecule has 0 bridgehead atoms. The third kappa shape index (κ3) is 9.56. The molecule has 13 heavy (non-hydrogen) atoms. The maximum absolute atomic E-state index is 5.25. The van der Waals surface area contributed by atoms with Gasteiger partial charge in [0.2, 0.25) is 0 Å². The monoisotopic (exact) mass is 205 g/mol. The lowest BCUT2D eigenvalue weighted by Crippen LogP contribution is -2.28. The van der Waals surface area contributed by atoms with E-state index < -0.39 is 0 Å². The molecule has 0 amide bonds. The number of nitrogens with one attached hydrogen (secondary N) is 1. The van der Waals surface area contributed by atoms with Crippen molar-refractivity contribution in [1.29, 1.82) is 0 Å². The van der Waals surface area contributed by atoms with Crippen molar-refractivity contribution in [3.8, 4) is 0 Å². The first-order chi connectivity index (χ1) is 6.16. The van der Waals surface area contributed by atoms with Crippen LogP contribution < -0.4 is 5.32 Å². The average molecular weight is 205 g/mol. The molecule has 0 aromatic carbocycles. The molecule has 0 spiro atoms. The van der Waals surface area contributed by atoms with Gasteiger partial charge in [-0.25, -0.2) is 0 Å². The smallest absolute Gasteiger partial charge is 0.258 e. The predicted molar refractivity (Wildman–Crippen MR) is 57.7 cm³/mol. The minimum atomic E-state index is 0.121. The Bertz CT molecular complexity index is 140. The maximum Gasteiger partial charge on any atom is 0.258 e. The van der Waals surface area contributed by atoms with E-state index in [-0.39, 0.29) is 6.10 Å². The van der Waals surface area contributed by atoms with Gasteiger partial charge in [-0.3, -0.25) is 0 Å². The van der Waals surface area contributed by atoms with Crippen LogP contribution in [0.25, 0.3) is 0 Å². The minimum Gasteiger partial charge on any atom is -0.468 e. The third-order valence-electron chi connectivity index (χ3n) is 1.30. The van der Waals surface area contributed by atoms with E-state index in [1.54, 1.807) is 0 Å². The topological polar surface area (TPSA) is 30.5 Å². The normalized spacial score (nSPS) is 10.2. The van der Waals surface area contributed by atoms with E-state index >= 15 is 0 Å². The Morgan fingerprint density at radius 1 is 1.46 bits per heavy atom. The highest BCUT2D eigenvalue weighted by molar-refractivity contribution is 7.80. The zero-order chi connectivity index (χ0) is 10.1. The molecule has 78 valence electrons. The lowest BCUT2D eigenvalue weighted by Gasteiger charge is -2.12. The van der Waals surface area contributed by atoms with Gasteiger partial charge in [-0.15, -0.1) is 0 Å². The van der Waals surface area contributed by atoms with Gasteiger partial charge in [-0.2, -0.15) is 0 Å². The minimum absolute atomic E-state index is 0.121. The predicted octanol–water partition coefficient (Wildman–Crippen LogP) is 2.06. The van der Waals surface area contributed by atoms with Gasteiger partial charge in [0.15, 0.2) is 0 Å². The first kappa shape index (κ1) is 12.7. The summed E-state index contributed by atoms with van der Waals surface area (Å²) in [5.74, 6) is 0. The summed E-state index contributed by atoms with van der Waals surface area (Å²) >= 11 is 4.89. The molecule has 0 heterocycles. The molecule has 0 saturated carbocycles. The van der Waals surface area contributed by atoms with Gasteiger partial charge in [-0.1, -0.05) is 13.3 Å². The van der Waals surface area contributed by atoms with Crippen LogP contribution >= 0.6 is 12.2 Å². The molecule has 0 rings (SSSR count). The summed E-state index contributed by atoms with van der Waals surface area (Å²) in [6.45, 7) is 7.21. The van der Waals surface area contributed by atoms with Crippen molar-refractivity contribution in [2.45, 2.75) is 39.7 Å². The SMILES string of the molecule is CCCCOCNC(=S)OC(C)C. The molecule has 0 aliphatic heterocycles. The molecule has 0 atom stereocenters. The fourth-order valence-corrected chi connectivity index (χ4v) is 0.936. The van der Waals surface area contributed by atoms with Gasteiger partial charge < -0.3 is 14.8 Å². The summed E-state index contributed by atoms with van der Waals surface area (Å²) in [5, 5.41) is 3.27. The second-order valence-electron chi connectivity index (χ2n) is 3.04. The van der Waals surface area contributed by atoms with E-state index in [1.165, 1.54) is 0 Å². The van der Waals surface area contributed by atoms with Crippen LogP contribution in [0, 0.1) is 0 Å². The Morgan fingerprint density at radius 3 is 2.69 bits per heavy atom. The van der Waals surface area contributed by atoms with Crippen LogP contribution in [-0.2, 0) is 9.47 Å². The fraction of sp³-hybridized carbons (Fsp3) is 0.889. The van der Waals surface area contributed by atoms with Crippen molar-refractivity contribution in [3.05, 3.63) is 0 Å². The molecule has 0 aliphatic carbocycles. The summed E-state index contributed by atoms with van der Waals surface area (Å²) in [6, 6.07) is 0. The molecule has 0 unspecified atom stereocenters. The Hall–Kier alpha value is -0.350. The fourth-order valence-electron chi connectivity index (χ4n) is 0.684. The molecule has 4 heteroatoms. The van der Waals surface area contributed by atoms with E-state index in [1.807, 2.05) is 13.8 Å². The van der Waals surface area contributed by atoms with E-state index in [9.17, 15) is 0 Å². The Kier molecular flexibility index (Phi) is 8.04. The summed E-state index contributed by atoms with van der Waals surface area (Å²) in [6.07, 6.45) is 2.35. The van der Waals surface area contributed by atoms with Crippen LogP contribution in [0.1, 0.15) is 33.6 Å². The zero-order valence-electron chi connectivity index (χ0n) is 8.63. The average Bonchev–Trinajstić information content (AvgIpc) is 2.02. The van der Waals surface area contributed by atoms with Crippen LogP contribution in [0.3, 0.4) is 0 Å². The highest BCUT2D eigenvalue weighted by Crippen LogP contribution is 1.89. The van der Waals surface area contributed by atoms with Crippen LogP contribution in [0.4, 0.5) is 0 Å². The van der Waals surface area contributed by atoms with Gasteiger partial charge in [0.05, 0.1) is 6.10 Å². The molecular weight excluding hydrogens is 186 g/mol. The maximum atomic E-state index is 5.25. The van der Waals surface area contributed by atoms with Crippen molar-refractivity contribution in [2.75, 3.05) is 13.3 Å². The van der Waals surface area contributed by atoms with E-state index in [0.717, 1.165) is 19.4 Å². The van der Waals surface area contributed by atoms with Crippen molar-refractivity contribution < 1.29 is 9.47 Å². The molecular formula is C9H19NO2S. The van der Waals surface area contributed by atoms with Gasteiger partial charge in [0.1, 0.15) is 6.73 Å². The second kappa shape index (κ2) is 8.26. The van der Waals surface area contributed by atoms with Gasteiger partial charge >= 0.3 is 0 Å². The highest BCUT2D eigenvalue weighted by Gasteiger charge is 1.98. The zero-order valence-corrected chi connectivity index (χ0v) is 9.45. The van der Waals surface area contributed by atoms with Gasteiger partial charge in [-0.05, 0) is 32.5 Å². The van der Waals surface area contributed by atoms with Crippen molar-refractivity contribution >= 4 is 17.4 Å². The van der Waals surface area contributed by atoms with Gasteiger partial charge in [0, 0.05) is 6.61 Å². The Balaban J connectivity index is 3.17. The molecule has 3 nitrogen and oxygen atoms in total. The molecule has 0 aromatic rings. The highest BCUT2D eigenvalue weighted by atomic mass is 32.1. The van der Waals surface area contributed by atoms with E-state index in [4.69, 9.17) is 21.7 Å². The van der Waals surface area contributed by atoms with Gasteiger partial charge in [0.25, 0.3) is 5.17 Å². The van der Waals surface area contributed by atoms with E-state index in [0.29, 0.717) is 11.9 Å². The summed E-state index contributed by atoms with van der Waals surface area (Å²) in [5.41, 5.74) is 0. The van der Waals surface area contributed by atoms with Crippen molar-refractivity contribution in [2.24, 2.45) is 0 Å². The number of unbranched alkanes of at least 4 members (excludes halogenated alkanes) is 1. The first-order valence-corrected chi connectivity index (χ1v) is 5.09. The Morgan fingerprint density at radius 2 is 2.15 bits per heavy atom. The number of hydrogen-bond acceptors (Lipinski definition) is 3. The molecule has 1 N–H and O–H groups in total. The lowest BCUT2D eigenvalue weighted by atomic mass is 10.4. The largest absolute Gasteiger partial charge is 0.468 e. The summed E-state index contributed by atoms with van der Waals surface area (Å²) in [7, 11) is 0. The number of rotatable bonds is 6. The molecule has 0 fully saturated rings. The number of hydrogen-bond donors (Lipinski definition) is 1. The Labute approximate surface area is 85.8 Å². The van der Waals surface area contributed by atoms with Crippen molar-refractivity contribution in [3.63, 3.8) is 0 Å². The quantitative estimate of drug-likeness (QED) is 0.408. The van der Waals surface area contributed by atoms with Crippen LogP contribution in [-0.4, -0.2) is 24.6 Å². The molecule has 0 aromatic heterocycles. The second-order valence-corrected chi connectivity index (χ2v) is 3.41. The first-order valence-electron chi connectivity index (χ1n) is 4.69. The van der Waals surface area contributed by atoms with Crippen molar-refractivity contribution in [1.82, 2.24) is 5.32 Å². The third-order valence-corrected chi connectivity index (χ3v) is 1.54. The van der Waals surface area contributed by atoms with Crippen LogP contribution in [0.5, 0.6) is 0 Å². The van der Waals surface area contributed by atoms with E-state index in [2.05, 4.69) is 12.2 Å². The summed E-state index contributed by atoms with van der Waals surface area (Å²) < 4.78 is 10.4.